The van der Waals surface area contributed by atoms with Crippen molar-refractivity contribution in [1.29, 1.82) is 0 Å². The molecule has 2 atom stereocenters. The summed E-state index contributed by atoms with van der Waals surface area (Å²) < 4.78 is 5.16. The maximum Gasteiger partial charge on any atom is 0.220 e. The number of methoxy groups -OCH3 is 1. The molecule has 24 heavy (non-hydrogen) atoms. The Morgan fingerprint density at radius 2 is 2.04 bits per heavy atom. The molecule has 0 saturated heterocycles. The molecular weight excluding hydrogens is 324 g/mol. The van der Waals surface area contributed by atoms with Gasteiger partial charge in [0.2, 0.25) is 5.91 Å². The quantitative estimate of drug-likeness (QED) is 0.856. The molecule has 0 radical (unpaired) electrons. The number of amides is 1. The molecule has 2 fully saturated rings. The van der Waals surface area contributed by atoms with Gasteiger partial charge in [-0.25, -0.2) is 0 Å². The average Bonchev–Trinajstić information content (AvgIpc) is 2.54. The third-order valence-electron chi connectivity index (χ3n) is 5.56. The molecule has 5 heteroatoms. The zero-order valence-electron chi connectivity index (χ0n) is 14.3. The zero-order valence-corrected chi connectivity index (χ0v) is 15.0. The Bertz CT molecular complexity index is 579. The highest BCUT2D eigenvalue weighted by Gasteiger charge is 2.39. The Hall–Kier alpha value is -1.26. The third-order valence-corrected chi connectivity index (χ3v) is 5.86. The van der Waals surface area contributed by atoms with Gasteiger partial charge in [0.25, 0.3) is 0 Å². The van der Waals surface area contributed by atoms with Gasteiger partial charge in [-0.1, -0.05) is 24.1 Å². The van der Waals surface area contributed by atoms with Gasteiger partial charge in [0.15, 0.2) is 0 Å². The van der Waals surface area contributed by atoms with E-state index in [0.29, 0.717) is 47.5 Å². The summed E-state index contributed by atoms with van der Waals surface area (Å²) in [7, 11) is 1.60. The molecule has 1 aromatic rings. The molecule has 3 N–H and O–H groups in total. The van der Waals surface area contributed by atoms with Gasteiger partial charge in [0.1, 0.15) is 5.75 Å². The van der Waals surface area contributed by atoms with Crippen molar-refractivity contribution in [2.75, 3.05) is 7.11 Å². The lowest BCUT2D eigenvalue weighted by Gasteiger charge is -2.45. The Morgan fingerprint density at radius 3 is 2.67 bits per heavy atom. The Morgan fingerprint density at radius 1 is 1.33 bits per heavy atom. The van der Waals surface area contributed by atoms with Crippen LogP contribution in [0.1, 0.15) is 44.1 Å². The van der Waals surface area contributed by atoms with E-state index >= 15 is 0 Å². The first-order chi connectivity index (χ1) is 11.6. The number of carbonyl (C=O) groups is 1. The molecule has 0 heterocycles. The predicted molar refractivity (Wildman–Crippen MR) is 96.3 cm³/mol. The number of nitrogens with one attached hydrogen (secondary N) is 1. The molecule has 2 unspecified atom stereocenters. The topological polar surface area (TPSA) is 64.3 Å². The summed E-state index contributed by atoms with van der Waals surface area (Å²) in [5.74, 6) is 1.93. The highest BCUT2D eigenvalue weighted by molar-refractivity contribution is 6.32. The molecule has 2 aliphatic rings. The molecule has 0 aromatic heterocycles. The van der Waals surface area contributed by atoms with Crippen molar-refractivity contribution < 1.29 is 9.53 Å². The minimum atomic E-state index is 0.138. The molecule has 2 saturated carbocycles. The summed E-state index contributed by atoms with van der Waals surface area (Å²) in [5.41, 5.74) is 7.21. The summed E-state index contributed by atoms with van der Waals surface area (Å²) in [6, 6.07) is 6.33. The van der Waals surface area contributed by atoms with E-state index in [4.69, 9.17) is 22.1 Å². The van der Waals surface area contributed by atoms with Crippen LogP contribution in [0.25, 0.3) is 0 Å². The minimum Gasteiger partial charge on any atom is -0.495 e. The molecule has 1 amide bonds. The summed E-state index contributed by atoms with van der Waals surface area (Å²) in [6.07, 6.45) is 6.96. The van der Waals surface area contributed by atoms with Gasteiger partial charge in [-0.05, 0) is 61.6 Å². The van der Waals surface area contributed by atoms with Gasteiger partial charge in [0, 0.05) is 18.5 Å². The number of carbonyl (C=O) groups excluding carboxylic acids is 1. The van der Waals surface area contributed by atoms with Crippen LogP contribution >= 0.6 is 11.6 Å². The van der Waals surface area contributed by atoms with Crippen LogP contribution in [0.15, 0.2) is 18.2 Å². The molecular formula is C19H27ClN2O2. The van der Waals surface area contributed by atoms with E-state index in [-0.39, 0.29) is 5.91 Å². The Labute approximate surface area is 149 Å². The number of hydrogen-bond acceptors (Lipinski definition) is 3. The van der Waals surface area contributed by atoms with Crippen molar-refractivity contribution in [2.45, 2.75) is 57.0 Å². The number of hydrogen-bond donors (Lipinski definition) is 2. The van der Waals surface area contributed by atoms with Gasteiger partial charge in [-0.3, -0.25) is 4.79 Å². The van der Waals surface area contributed by atoms with Crippen LogP contribution in [0.4, 0.5) is 0 Å². The number of fused-ring (bicyclic) bond motifs is 2. The van der Waals surface area contributed by atoms with Crippen LogP contribution < -0.4 is 15.8 Å². The monoisotopic (exact) mass is 350 g/mol. The highest BCUT2D eigenvalue weighted by atomic mass is 35.5. The molecule has 132 valence electrons. The van der Waals surface area contributed by atoms with E-state index in [9.17, 15) is 4.79 Å². The van der Waals surface area contributed by atoms with Gasteiger partial charge < -0.3 is 15.8 Å². The third kappa shape index (κ3) is 4.04. The molecule has 2 aliphatic carbocycles. The van der Waals surface area contributed by atoms with Crippen LogP contribution in [0.5, 0.6) is 5.75 Å². The first-order valence-corrected chi connectivity index (χ1v) is 9.32. The molecule has 0 aliphatic heterocycles. The number of nitrogens with two attached hydrogens (primary N) is 1. The van der Waals surface area contributed by atoms with Crippen molar-refractivity contribution in [1.82, 2.24) is 5.32 Å². The smallest absolute Gasteiger partial charge is 0.220 e. The van der Waals surface area contributed by atoms with Crippen LogP contribution in [0.3, 0.4) is 0 Å². The lowest BCUT2D eigenvalue weighted by Crippen LogP contribution is -2.53. The highest BCUT2D eigenvalue weighted by Crippen LogP contribution is 2.39. The standard InChI is InChI=1S/C19H27ClN2O2/c1-24-17-7-5-12(9-16(17)20)6-8-18(23)22-19-13-3-2-4-14(19)11-15(21)10-13/h5,7,9,13-15,19H,2-4,6,8,10-11,21H2,1H3,(H,22,23). The SMILES string of the molecule is COc1ccc(CCC(=O)NC2C3CCCC2CC(N)C3)cc1Cl. The Balaban J connectivity index is 1.53. The molecule has 0 spiro atoms. The maximum absolute atomic E-state index is 12.4. The summed E-state index contributed by atoms with van der Waals surface area (Å²) >= 11 is 6.14. The van der Waals surface area contributed by atoms with E-state index in [1.165, 1.54) is 19.3 Å². The summed E-state index contributed by atoms with van der Waals surface area (Å²) in [5, 5.41) is 3.89. The van der Waals surface area contributed by atoms with Gasteiger partial charge >= 0.3 is 0 Å². The lowest BCUT2D eigenvalue weighted by molar-refractivity contribution is -0.123. The number of aryl methyl sites for hydroxylation is 1. The fraction of sp³-hybridized carbons (Fsp3) is 0.632. The Kier molecular flexibility index (Phi) is 5.67. The van der Waals surface area contributed by atoms with E-state index < -0.39 is 0 Å². The van der Waals surface area contributed by atoms with Crippen LogP contribution in [-0.2, 0) is 11.2 Å². The molecule has 3 rings (SSSR count). The average molecular weight is 351 g/mol. The van der Waals surface area contributed by atoms with E-state index in [0.717, 1.165) is 18.4 Å². The van der Waals surface area contributed by atoms with E-state index in [1.54, 1.807) is 7.11 Å². The van der Waals surface area contributed by atoms with Crippen LogP contribution in [0.2, 0.25) is 5.02 Å². The summed E-state index contributed by atoms with van der Waals surface area (Å²) in [4.78, 5) is 12.4. The van der Waals surface area contributed by atoms with Crippen molar-refractivity contribution in [3.05, 3.63) is 28.8 Å². The fourth-order valence-corrected chi connectivity index (χ4v) is 4.69. The second-order valence-electron chi connectivity index (χ2n) is 7.24. The second kappa shape index (κ2) is 7.75. The number of benzene rings is 1. The van der Waals surface area contributed by atoms with Crippen LogP contribution in [0, 0.1) is 11.8 Å². The first-order valence-electron chi connectivity index (χ1n) is 8.94. The van der Waals surface area contributed by atoms with E-state index in [1.807, 2.05) is 18.2 Å². The zero-order chi connectivity index (χ0) is 17.1. The maximum atomic E-state index is 12.4. The van der Waals surface area contributed by atoms with Gasteiger partial charge in [-0.15, -0.1) is 0 Å². The van der Waals surface area contributed by atoms with Gasteiger partial charge in [-0.2, -0.15) is 0 Å². The van der Waals surface area contributed by atoms with Crippen molar-refractivity contribution in [3.8, 4) is 5.75 Å². The largest absolute Gasteiger partial charge is 0.495 e. The van der Waals surface area contributed by atoms with E-state index in [2.05, 4.69) is 5.32 Å². The van der Waals surface area contributed by atoms with Crippen molar-refractivity contribution in [2.24, 2.45) is 17.6 Å². The second-order valence-corrected chi connectivity index (χ2v) is 7.65. The number of rotatable bonds is 5. The molecule has 2 bridgehead atoms. The number of ether oxygens (including phenoxy) is 1. The predicted octanol–water partition coefficient (Wildman–Crippen LogP) is 3.30. The lowest BCUT2D eigenvalue weighted by atomic mass is 9.67. The van der Waals surface area contributed by atoms with Crippen molar-refractivity contribution >= 4 is 17.5 Å². The normalized spacial score (nSPS) is 29.1. The van der Waals surface area contributed by atoms with Crippen molar-refractivity contribution in [3.63, 3.8) is 0 Å². The molecule has 1 aromatic carbocycles. The minimum absolute atomic E-state index is 0.138. The molecule has 4 nitrogen and oxygen atoms in total. The fourth-order valence-electron chi connectivity index (χ4n) is 4.41. The van der Waals surface area contributed by atoms with Crippen LogP contribution in [-0.4, -0.2) is 25.1 Å². The first kappa shape index (κ1) is 17.6. The van der Waals surface area contributed by atoms with Gasteiger partial charge in [0.05, 0.1) is 12.1 Å². The summed E-state index contributed by atoms with van der Waals surface area (Å²) in [6.45, 7) is 0. The number of halogens is 1.